The third-order valence-electron chi connectivity index (χ3n) is 5.16. The van der Waals surface area contributed by atoms with Crippen molar-refractivity contribution in [2.24, 2.45) is 11.7 Å². The first kappa shape index (κ1) is 16.8. The Labute approximate surface area is 144 Å². The summed E-state index contributed by atoms with van der Waals surface area (Å²) in [5, 5.41) is 0. The van der Waals surface area contributed by atoms with Crippen LogP contribution in [0.1, 0.15) is 41.5 Å². The molecule has 0 saturated carbocycles. The second-order valence-corrected chi connectivity index (χ2v) is 6.73. The van der Waals surface area contributed by atoms with E-state index in [9.17, 15) is 0 Å². The third kappa shape index (κ3) is 3.13. The van der Waals surface area contributed by atoms with Gasteiger partial charge in [0.15, 0.2) is 11.5 Å². The molecule has 2 N–H and O–H groups in total. The smallest absolute Gasteiger partial charge is 0.161 e. The van der Waals surface area contributed by atoms with E-state index in [-0.39, 0.29) is 0 Å². The summed E-state index contributed by atoms with van der Waals surface area (Å²) in [6, 6.07) is 13.1. The summed E-state index contributed by atoms with van der Waals surface area (Å²) < 4.78 is 11.1. The SMILES string of the molecule is COc1cc2c(cc1OC)C(CC(C)CN)c1ccccc1CC2. The molecule has 24 heavy (non-hydrogen) atoms. The van der Waals surface area contributed by atoms with Gasteiger partial charge in [0.05, 0.1) is 14.2 Å². The van der Waals surface area contributed by atoms with Gasteiger partial charge in [-0.15, -0.1) is 0 Å². The molecule has 1 aliphatic carbocycles. The maximum absolute atomic E-state index is 5.93. The Morgan fingerprint density at radius 2 is 1.67 bits per heavy atom. The van der Waals surface area contributed by atoms with Crippen molar-refractivity contribution in [3.63, 3.8) is 0 Å². The Kier molecular flexibility index (Phi) is 5.10. The van der Waals surface area contributed by atoms with E-state index in [4.69, 9.17) is 15.2 Å². The van der Waals surface area contributed by atoms with Crippen LogP contribution in [0.5, 0.6) is 11.5 Å². The number of aryl methyl sites for hydroxylation is 2. The van der Waals surface area contributed by atoms with Crippen LogP contribution in [-0.4, -0.2) is 20.8 Å². The number of hydrogen-bond donors (Lipinski definition) is 1. The number of benzene rings is 2. The van der Waals surface area contributed by atoms with Crippen molar-refractivity contribution in [2.45, 2.75) is 32.1 Å². The Morgan fingerprint density at radius 3 is 2.38 bits per heavy atom. The van der Waals surface area contributed by atoms with E-state index in [0.717, 1.165) is 30.8 Å². The predicted molar refractivity (Wildman–Crippen MR) is 98.1 cm³/mol. The second-order valence-electron chi connectivity index (χ2n) is 6.73. The summed E-state index contributed by atoms with van der Waals surface area (Å²) in [6.45, 7) is 2.94. The van der Waals surface area contributed by atoms with Crippen LogP contribution in [0.25, 0.3) is 0 Å². The van der Waals surface area contributed by atoms with Gasteiger partial charge >= 0.3 is 0 Å². The van der Waals surface area contributed by atoms with Crippen LogP contribution in [0, 0.1) is 5.92 Å². The first-order valence-corrected chi connectivity index (χ1v) is 8.70. The van der Waals surface area contributed by atoms with Crippen molar-refractivity contribution < 1.29 is 9.47 Å². The van der Waals surface area contributed by atoms with Crippen molar-refractivity contribution >= 4 is 0 Å². The number of fused-ring (bicyclic) bond motifs is 2. The molecule has 2 aromatic rings. The largest absolute Gasteiger partial charge is 0.493 e. The van der Waals surface area contributed by atoms with Gasteiger partial charge in [0.2, 0.25) is 0 Å². The molecular weight excluding hydrogens is 298 g/mol. The zero-order valence-corrected chi connectivity index (χ0v) is 14.8. The first-order valence-electron chi connectivity index (χ1n) is 8.70. The molecule has 2 aromatic carbocycles. The van der Waals surface area contributed by atoms with Gasteiger partial charge in [0, 0.05) is 5.92 Å². The van der Waals surface area contributed by atoms with Gasteiger partial charge in [-0.2, -0.15) is 0 Å². The van der Waals surface area contributed by atoms with Crippen LogP contribution < -0.4 is 15.2 Å². The van der Waals surface area contributed by atoms with E-state index in [2.05, 4.69) is 43.3 Å². The molecule has 0 bridgehead atoms. The summed E-state index contributed by atoms with van der Waals surface area (Å²) in [5.41, 5.74) is 11.5. The number of methoxy groups -OCH3 is 2. The average molecular weight is 325 g/mol. The van der Waals surface area contributed by atoms with Crippen molar-refractivity contribution in [3.05, 3.63) is 58.7 Å². The van der Waals surface area contributed by atoms with Crippen LogP contribution in [0.15, 0.2) is 36.4 Å². The maximum atomic E-state index is 5.93. The molecule has 3 rings (SSSR count). The van der Waals surface area contributed by atoms with E-state index in [1.165, 1.54) is 22.3 Å². The molecule has 2 unspecified atom stereocenters. The lowest BCUT2D eigenvalue weighted by molar-refractivity contribution is 0.353. The topological polar surface area (TPSA) is 44.5 Å². The lowest BCUT2D eigenvalue weighted by Gasteiger charge is -2.24. The van der Waals surface area contributed by atoms with Crippen LogP contribution >= 0.6 is 0 Å². The van der Waals surface area contributed by atoms with Crippen molar-refractivity contribution in [2.75, 3.05) is 20.8 Å². The van der Waals surface area contributed by atoms with Crippen LogP contribution in [0.2, 0.25) is 0 Å². The molecule has 3 nitrogen and oxygen atoms in total. The molecule has 1 aliphatic rings. The Bertz CT molecular complexity index is 711. The van der Waals surface area contributed by atoms with E-state index in [0.29, 0.717) is 18.4 Å². The summed E-state index contributed by atoms with van der Waals surface area (Å²) in [6.07, 6.45) is 3.14. The van der Waals surface area contributed by atoms with Crippen molar-refractivity contribution in [1.82, 2.24) is 0 Å². The molecule has 2 atom stereocenters. The fourth-order valence-corrected chi connectivity index (χ4v) is 3.77. The maximum Gasteiger partial charge on any atom is 0.161 e. The number of hydrogen-bond acceptors (Lipinski definition) is 3. The van der Waals surface area contributed by atoms with Gasteiger partial charge in [0.1, 0.15) is 0 Å². The molecular formula is C21H27NO2. The van der Waals surface area contributed by atoms with E-state index >= 15 is 0 Å². The van der Waals surface area contributed by atoms with E-state index in [1.807, 2.05) is 0 Å². The average Bonchev–Trinajstić information content (AvgIpc) is 2.77. The van der Waals surface area contributed by atoms with Gasteiger partial charge < -0.3 is 15.2 Å². The molecule has 0 spiro atoms. The molecule has 0 aromatic heterocycles. The highest BCUT2D eigenvalue weighted by molar-refractivity contribution is 5.53. The van der Waals surface area contributed by atoms with Gasteiger partial charge in [-0.3, -0.25) is 0 Å². The highest BCUT2D eigenvalue weighted by Gasteiger charge is 2.26. The summed E-state index contributed by atoms with van der Waals surface area (Å²) in [7, 11) is 3.40. The molecule has 0 heterocycles. The minimum absolute atomic E-state index is 0.358. The molecule has 0 fully saturated rings. The van der Waals surface area contributed by atoms with Crippen molar-refractivity contribution in [3.8, 4) is 11.5 Å². The van der Waals surface area contributed by atoms with E-state index < -0.39 is 0 Å². The van der Waals surface area contributed by atoms with Gasteiger partial charge in [-0.25, -0.2) is 0 Å². The summed E-state index contributed by atoms with van der Waals surface area (Å²) >= 11 is 0. The number of rotatable bonds is 5. The lowest BCUT2D eigenvalue weighted by atomic mass is 9.82. The standard InChI is InChI=1S/C21H27NO2/c1-14(13-22)10-19-17-7-5-4-6-15(17)8-9-16-11-20(23-2)21(24-3)12-18(16)19/h4-7,11-12,14,19H,8-10,13,22H2,1-3H3. The Balaban J connectivity index is 2.15. The van der Waals surface area contributed by atoms with Crippen LogP contribution in [-0.2, 0) is 12.8 Å². The Morgan fingerprint density at radius 1 is 1.00 bits per heavy atom. The zero-order valence-electron chi connectivity index (χ0n) is 14.8. The fourth-order valence-electron chi connectivity index (χ4n) is 3.77. The second kappa shape index (κ2) is 7.27. The monoisotopic (exact) mass is 325 g/mol. The summed E-state index contributed by atoms with van der Waals surface area (Å²) in [4.78, 5) is 0. The fraction of sp³-hybridized carbons (Fsp3) is 0.429. The van der Waals surface area contributed by atoms with Crippen LogP contribution in [0.3, 0.4) is 0 Å². The van der Waals surface area contributed by atoms with Gasteiger partial charge in [0.25, 0.3) is 0 Å². The molecule has 0 saturated heterocycles. The quantitative estimate of drug-likeness (QED) is 0.906. The van der Waals surface area contributed by atoms with Crippen molar-refractivity contribution in [1.29, 1.82) is 0 Å². The molecule has 128 valence electrons. The molecule has 0 aliphatic heterocycles. The normalized spacial score (nSPS) is 17.4. The first-order chi connectivity index (χ1) is 11.7. The summed E-state index contributed by atoms with van der Waals surface area (Å²) in [5.74, 6) is 2.45. The lowest BCUT2D eigenvalue weighted by Crippen LogP contribution is -2.16. The minimum Gasteiger partial charge on any atom is -0.493 e. The third-order valence-corrected chi connectivity index (χ3v) is 5.16. The number of nitrogens with two attached hydrogens (primary N) is 1. The Hall–Kier alpha value is -2.00. The number of ether oxygens (including phenoxy) is 2. The highest BCUT2D eigenvalue weighted by Crippen LogP contribution is 2.42. The highest BCUT2D eigenvalue weighted by atomic mass is 16.5. The molecule has 3 heteroatoms. The van der Waals surface area contributed by atoms with Gasteiger partial charge in [-0.1, -0.05) is 31.2 Å². The van der Waals surface area contributed by atoms with Crippen LogP contribution in [0.4, 0.5) is 0 Å². The zero-order chi connectivity index (χ0) is 17.1. The predicted octanol–water partition coefficient (Wildman–Crippen LogP) is 3.92. The minimum atomic E-state index is 0.358. The van der Waals surface area contributed by atoms with E-state index in [1.54, 1.807) is 14.2 Å². The van der Waals surface area contributed by atoms with Gasteiger partial charge in [-0.05, 0) is 66.1 Å². The molecule has 0 amide bonds. The molecule has 0 radical (unpaired) electrons.